The Labute approximate surface area is 82.7 Å². The van der Waals surface area contributed by atoms with Crippen LogP contribution < -0.4 is 0 Å². The van der Waals surface area contributed by atoms with Crippen LogP contribution in [0.1, 0.15) is 6.42 Å². The molecule has 0 spiro atoms. The molecule has 0 aromatic rings. The second-order valence-corrected chi connectivity index (χ2v) is 4.12. The van der Waals surface area contributed by atoms with Crippen LogP contribution >= 0.6 is 15.9 Å². The highest BCUT2D eigenvalue weighted by atomic mass is 79.9. The Kier molecular flexibility index (Phi) is 2.56. The highest BCUT2D eigenvalue weighted by Gasteiger charge is 2.36. The number of hydrogen-bond acceptors (Lipinski definition) is 2. The van der Waals surface area contributed by atoms with Crippen molar-refractivity contribution in [1.82, 2.24) is 0 Å². The van der Waals surface area contributed by atoms with E-state index in [0.717, 1.165) is 0 Å². The summed E-state index contributed by atoms with van der Waals surface area (Å²) < 4.78 is -1.27. The second-order valence-electron chi connectivity index (χ2n) is 2.70. The van der Waals surface area contributed by atoms with Gasteiger partial charge in [0.1, 0.15) is 4.32 Å². The molecular weight excluding hydrogens is 240 g/mol. The first-order valence-corrected chi connectivity index (χ1v) is 4.29. The van der Waals surface area contributed by atoms with Gasteiger partial charge >= 0.3 is 11.9 Å². The van der Waals surface area contributed by atoms with Crippen molar-refractivity contribution in [3.05, 3.63) is 23.8 Å². The lowest BCUT2D eigenvalue weighted by molar-refractivity contribution is -0.138. The quantitative estimate of drug-likeness (QED) is 0.718. The summed E-state index contributed by atoms with van der Waals surface area (Å²) >= 11 is 2.98. The maximum Gasteiger partial charge on any atom is 0.331 e. The van der Waals surface area contributed by atoms with Crippen LogP contribution in [-0.2, 0) is 9.59 Å². The molecule has 0 saturated heterocycles. The van der Waals surface area contributed by atoms with Crippen LogP contribution in [0.15, 0.2) is 23.8 Å². The van der Waals surface area contributed by atoms with Crippen LogP contribution in [0.25, 0.3) is 0 Å². The van der Waals surface area contributed by atoms with Crippen LogP contribution in [0.2, 0.25) is 0 Å². The van der Waals surface area contributed by atoms with E-state index in [1.54, 1.807) is 0 Å². The molecule has 0 bridgehead atoms. The fourth-order valence-electron chi connectivity index (χ4n) is 1.01. The third kappa shape index (κ3) is 1.98. The normalized spacial score (nSPS) is 26.7. The molecule has 1 aliphatic rings. The molecule has 0 radical (unpaired) electrons. The van der Waals surface area contributed by atoms with Crippen LogP contribution in [0.3, 0.4) is 0 Å². The number of allylic oxidation sites excluding steroid dienone is 2. The van der Waals surface area contributed by atoms with E-state index in [9.17, 15) is 9.59 Å². The van der Waals surface area contributed by atoms with Gasteiger partial charge < -0.3 is 10.2 Å². The number of halogens is 1. The summed E-state index contributed by atoms with van der Waals surface area (Å²) in [5.74, 6) is -2.18. The number of carboxylic acids is 2. The Morgan fingerprint density at radius 2 is 2.08 bits per heavy atom. The average molecular weight is 247 g/mol. The lowest BCUT2D eigenvalue weighted by Gasteiger charge is -2.21. The summed E-state index contributed by atoms with van der Waals surface area (Å²) in [4.78, 5) is 21.3. The highest BCUT2D eigenvalue weighted by Crippen LogP contribution is 2.31. The number of aliphatic carboxylic acids is 2. The van der Waals surface area contributed by atoms with Gasteiger partial charge in [-0.25, -0.2) is 4.79 Å². The molecule has 0 aromatic carbocycles. The van der Waals surface area contributed by atoms with Crippen molar-refractivity contribution in [2.75, 3.05) is 0 Å². The molecule has 0 amide bonds. The smallest absolute Gasteiger partial charge is 0.331 e. The number of alkyl halides is 1. The molecule has 5 heteroatoms. The summed E-state index contributed by atoms with van der Waals surface area (Å²) in [6, 6.07) is 0. The van der Waals surface area contributed by atoms with Gasteiger partial charge in [-0.1, -0.05) is 34.2 Å². The predicted octanol–water partition coefficient (Wildman–Crippen LogP) is 1.18. The largest absolute Gasteiger partial charge is 0.480 e. The van der Waals surface area contributed by atoms with E-state index in [-0.39, 0.29) is 12.0 Å². The number of rotatable bonds is 2. The minimum Gasteiger partial charge on any atom is -0.480 e. The Bertz CT molecular complexity index is 318. The van der Waals surface area contributed by atoms with E-state index in [0.29, 0.717) is 0 Å². The van der Waals surface area contributed by atoms with Crippen molar-refractivity contribution in [3.63, 3.8) is 0 Å². The third-order valence-corrected chi connectivity index (χ3v) is 2.62. The number of carboxylic acid groups (broad SMARTS) is 2. The van der Waals surface area contributed by atoms with E-state index in [4.69, 9.17) is 10.2 Å². The van der Waals surface area contributed by atoms with Gasteiger partial charge in [0.05, 0.1) is 0 Å². The molecule has 1 aliphatic carbocycles. The van der Waals surface area contributed by atoms with Crippen molar-refractivity contribution in [3.8, 4) is 0 Å². The zero-order chi connectivity index (χ0) is 10.1. The topological polar surface area (TPSA) is 74.6 Å². The molecule has 0 fully saturated rings. The Hall–Kier alpha value is -1.10. The van der Waals surface area contributed by atoms with Crippen LogP contribution in [-0.4, -0.2) is 26.5 Å². The molecule has 1 unspecified atom stereocenters. The number of carbonyl (C=O) groups is 2. The minimum atomic E-state index is -1.27. The van der Waals surface area contributed by atoms with Gasteiger partial charge in [0.15, 0.2) is 0 Å². The van der Waals surface area contributed by atoms with Crippen LogP contribution in [0.5, 0.6) is 0 Å². The highest BCUT2D eigenvalue weighted by molar-refractivity contribution is 9.10. The van der Waals surface area contributed by atoms with Gasteiger partial charge in [-0.2, -0.15) is 0 Å². The molecular formula is C8H7BrO4. The van der Waals surface area contributed by atoms with Gasteiger partial charge in [-0.15, -0.1) is 0 Å². The SMILES string of the molecule is O=C(O)C1=CC=CC(Br)(C(=O)O)C1. The predicted molar refractivity (Wildman–Crippen MR) is 48.8 cm³/mol. The lowest BCUT2D eigenvalue weighted by Crippen LogP contribution is -2.32. The van der Waals surface area contributed by atoms with Crippen molar-refractivity contribution in [2.24, 2.45) is 0 Å². The van der Waals surface area contributed by atoms with E-state index < -0.39 is 16.3 Å². The molecule has 0 saturated carbocycles. The number of hydrogen-bond donors (Lipinski definition) is 2. The van der Waals surface area contributed by atoms with E-state index in [1.807, 2.05) is 0 Å². The summed E-state index contributed by atoms with van der Waals surface area (Å²) in [6.45, 7) is 0. The van der Waals surface area contributed by atoms with Gasteiger partial charge in [-0.3, -0.25) is 4.79 Å². The van der Waals surface area contributed by atoms with Crippen LogP contribution in [0, 0.1) is 0 Å². The maximum absolute atomic E-state index is 10.7. The lowest BCUT2D eigenvalue weighted by atomic mass is 9.94. The minimum absolute atomic E-state index is 0.0475. The van der Waals surface area contributed by atoms with Crippen molar-refractivity contribution in [2.45, 2.75) is 10.7 Å². The molecule has 13 heavy (non-hydrogen) atoms. The molecule has 70 valence electrons. The van der Waals surface area contributed by atoms with Crippen molar-refractivity contribution in [1.29, 1.82) is 0 Å². The van der Waals surface area contributed by atoms with E-state index in [1.165, 1.54) is 18.2 Å². The monoisotopic (exact) mass is 246 g/mol. The van der Waals surface area contributed by atoms with Gasteiger partial charge in [-0.05, 0) is 0 Å². The van der Waals surface area contributed by atoms with Gasteiger partial charge in [0.2, 0.25) is 0 Å². The zero-order valence-corrected chi connectivity index (χ0v) is 8.11. The molecule has 2 N–H and O–H groups in total. The molecule has 1 rings (SSSR count). The van der Waals surface area contributed by atoms with E-state index in [2.05, 4.69) is 15.9 Å². The Morgan fingerprint density at radius 1 is 1.46 bits per heavy atom. The fraction of sp³-hybridized carbons (Fsp3) is 0.250. The molecule has 0 aliphatic heterocycles. The standard InChI is InChI=1S/C8H7BrO4/c9-8(7(12)13)3-1-2-5(4-8)6(10)11/h1-3H,4H2,(H,10,11)(H,12,13). The van der Waals surface area contributed by atoms with Gasteiger partial charge in [0.25, 0.3) is 0 Å². The Balaban J connectivity index is 2.92. The molecule has 0 aromatic heterocycles. The average Bonchev–Trinajstić information content (AvgIpc) is 2.04. The van der Waals surface area contributed by atoms with E-state index >= 15 is 0 Å². The summed E-state index contributed by atoms with van der Waals surface area (Å²) in [6.07, 6.45) is 4.19. The van der Waals surface area contributed by atoms with Crippen molar-refractivity contribution >= 4 is 27.9 Å². The third-order valence-electron chi connectivity index (χ3n) is 1.74. The first-order chi connectivity index (χ1) is 5.96. The zero-order valence-electron chi connectivity index (χ0n) is 6.53. The second kappa shape index (κ2) is 3.33. The Morgan fingerprint density at radius 3 is 2.54 bits per heavy atom. The molecule has 0 heterocycles. The van der Waals surface area contributed by atoms with Crippen LogP contribution in [0.4, 0.5) is 0 Å². The van der Waals surface area contributed by atoms with Crippen molar-refractivity contribution < 1.29 is 19.8 Å². The fourth-order valence-corrected chi connectivity index (χ4v) is 1.46. The molecule has 1 atom stereocenters. The maximum atomic E-state index is 10.7. The first-order valence-electron chi connectivity index (χ1n) is 3.50. The summed E-state index contributed by atoms with van der Waals surface area (Å²) in [7, 11) is 0. The summed E-state index contributed by atoms with van der Waals surface area (Å²) in [5.41, 5.74) is 0.0850. The summed E-state index contributed by atoms with van der Waals surface area (Å²) in [5, 5.41) is 17.4. The molecule has 4 nitrogen and oxygen atoms in total. The first kappa shape index (κ1) is 9.98. The van der Waals surface area contributed by atoms with Gasteiger partial charge in [0, 0.05) is 12.0 Å².